The minimum atomic E-state index is 0.169. The van der Waals surface area contributed by atoms with Crippen molar-refractivity contribution in [1.82, 2.24) is 19.5 Å². The third-order valence-electron chi connectivity index (χ3n) is 4.91. The number of ether oxygens (including phenoxy) is 1. The molecule has 1 fully saturated rings. The molecular formula is C21H19ClN6O. The summed E-state index contributed by atoms with van der Waals surface area (Å²) in [6, 6.07) is 18.1. The summed E-state index contributed by atoms with van der Waals surface area (Å²) in [6.45, 7) is 3.35. The van der Waals surface area contributed by atoms with Crippen molar-refractivity contribution < 1.29 is 4.74 Å². The van der Waals surface area contributed by atoms with Gasteiger partial charge < -0.3 is 15.0 Å². The maximum Gasteiger partial charge on any atom is 0.226 e. The Kier molecular flexibility index (Phi) is 4.75. The van der Waals surface area contributed by atoms with E-state index >= 15 is 0 Å². The van der Waals surface area contributed by atoms with Gasteiger partial charge in [-0.05, 0) is 48.0 Å². The molecular weight excluding hydrogens is 388 g/mol. The lowest BCUT2D eigenvalue weighted by Gasteiger charge is -2.28. The molecule has 0 radical (unpaired) electrons. The van der Waals surface area contributed by atoms with Gasteiger partial charge >= 0.3 is 0 Å². The zero-order valence-electron chi connectivity index (χ0n) is 15.6. The highest BCUT2D eigenvalue weighted by molar-refractivity contribution is 6.28. The first-order valence-corrected chi connectivity index (χ1v) is 9.81. The summed E-state index contributed by atoms with van der Waals surface area (Å²) in [5.41, 5.74) is 4.37. The van der Waals surface area contributed by atoms with Crippen LogP contribution in [0.25, 0.3) is 16.9 Å². The van der Waals surface area contributed by atoms with E-state index in [1.165, 1.54) is 5.69 Å². The normalized spacial score (nSPS) is 14.3. The third-order valence-corrected chi connectivity index (χ3v) is 5.08. The number of nitrogens with one attached hydrogen (secondary N) is 1. The smallest absolute Gasteiger partial charge is 0.226 e. The molecule has 0 atom stereocenters. The number of anilines is 3. The predicted molar refractivity (Wildman–Crippen MR) is 114 cm³/mol. The fourth-order valence-electron chi connectivity index (χ4n) is 3.45. The topological polar surface area (TPSA) is 68.1 Å². The lowest BCUT2D eigenvalue weighted by Crippen LogP contribution is -2.36. The molecule has 0 aliphatic carbocycles. The van der Waals surface area contributed by atoms with Gasteiger partial charge in [0.2, 0.25) is 5.28 Å². The summed E-state index contributed by atoms with van der Waals surface area (Å²) in [4.78, 5) is 15.6. The van der Waals surface area contributed by atoms with E-state index in [-0.39, 0.29) is 5.28 Å². The number of benzene rings is 2. The first kappa shape index (κ1) is 17.9. The summed E-state index contributed by atoms with van der Waals surface area (Å²) in [7, 11) is 0. The Balaban J connectivity index is 1.45. The summed E-state index contributed by atoms with van der Waals surface area (Å²) in [6.07, 6.45) is 1.73. The number of morpholine rings is 1. The highest BCUT2D eigenvalue weighted by atomic mass is 35.5. The van der Waals surface area contributed by atoms with Crippen LogP contribution in [0.5, 0.6) is 0 Å². The fourth-order valence-corrected chi connectivity index (χ4v) is 3.62. The average Bonchev–Trinajstić information content (AvgIpc) is 3.19. The number of aromatic nitrogens is 4. The zero-order valence-corrected chi connectivity index (χ0v) is 16.4. The van der Waals surface area contributed by atoms with E-state index in [9.17, 15) is 0 Å². The number of fused-ring (bicyclic) bond motifs is 1. The van der Waals surface area contributed by atoms with E-state index in [1.807, 2.05) is 47.0 Å². The maximum absolute atomic E-state index is 6.21. The Morgan fingerprint density at radius 2 is 1.66 bits per heavy atom. The first-order valence-electron chi connectivity index (χ1n) is 9.44. The quantitative estimate of drug-likeness (QED) is 0.516. The second-order valence-corrected chi connectivity index (χ2v) is 7.07. The van der Waals surface area contributed by atoms with Gasteiger partial charge in [0.1, 0.15) is 6.33 Å². The summed E-state index contributed by atoms with van der Waals surface area (Å²) < 4.78 is 7.32. The highest BCUT2D eigenvalue weighted by Crippen LogP contribution is 2.27. The molecule has 0 unspecified atom stereocenters. The monoisotopic (exact) mass is 406 g/mol. The van der Waals surface area contributed by atoms with Gasteiger partial charge in [-0.15, -0.1) is 0 Å². The summed E-state index contributed by atoms with van der Waals surface area (Å²) >= 11 is 6.21. The maximum atomic E-state index is 6.21. The van der Waals surface area contributed by atoms with Crippen LogP contribution < -0.4 is 10.2 Å². The van der Waals surface area contributed by atoms with Gasteiger partial charge in [0.05, 0.1) is 13.2 Å². The number of hydrogen-bond acceptors (Lipinski definition) is 6. The molecule has 8 heteroatoms. The van der Waals surface area contributed by atoms with Crippen LogP contribution in [0.1, 0.15) is 0 Å². The van der Waals surface area contributed by atoms with Crippen LogP contribution in [-0.2, 0) is 4.74 Å². The van der Waals surface area contributed by atoms with Crippen LogP contribution in [0.2, 0.25) is 5.28 Å². The number of halogens is 1. The third kappa shape index (κ3) is 3.62. The van der Waals surface area contributed by atoms with Gasteiger partial charge in [-0.3, -0.25) is 4.57 Å². The van der Waals surface area contributed by atoms with Crippen molar-refractivity contribution in [1.29, 1.82) is 0 Å². The number of imidazole rings is 1. The van der Waals surface area contributed by atoms with Crippen molar-refractivity contribution in [2.24, 2.45) is 0 Å². The predicted octanol–water partition coefficient (Wildman–Crippen LogP) is 4.05. The van der Waals surface area contributed by atoms with Crippen LogP contribution in [-0.4, -0.2) is 45.8 Å². The van der Waals surface area contributed by atoms with Crippen molar-refractivity contribution in [3.8, 4) is 5.69 Å². The van der Waals surface area contributed by atoms with Crippen LogP contribution in [0.4, 0.5) is 17.2 Å². The fraction of sp³-hybridized carbons (Fsp3) is 0.190. The highest BCUT2D eigenvalue weighted by Gasteiger charge is 2.15. The van der Waals surface area contributed by atoms with Crippen LogP contribution in [0.3, 0.4) is 0 Å². The second-order valence-electron chi connectivity index (χ2n) is 6.73. The molecule has 0 amide bonds. The summed E-state index contributed by atoms with van der Waals surface area (Å²) in [5.74, 6) is 0.578. The van der Waals surface area contributed by atoms with Crippen molar-refractivity contribution in [3.05, 3.63) is 66.2 Å². The lowest BCUT2D eigenvalue weighted by atomic mass is 10.2. The molecule has 1 aliphatic heterocycles. The molecule has 5 rings (SSSR count). The first-order chi connectivity index (χ1) is 14.3. The minimum Gasteiger partial charge on any atom is -0.378 e. The van der Waals surface area contributed by atoms with E-state index in [2.05, 4.69) is 37.3 Å². The van der Waals surface area contributed by atoms with Crippen LogP contribution in [0.15, 0.2) is 60.9 Å². The second kappa shape index (κ2) is 7.69. The van der Waals surface area contributed by atoms with E-state index in [1.54, 1.807) is 6.33 Å². The molecule has 1 N–H and O–H groups in total. The SMILES string of the molecule is Clc1nc(Nc2ccc(N3CCOCC3)cc2)c2ncn(-c3ccccc3)c2n1. The molecule has 0 saturated carbocycles. The molecule has 1 saturated heterocycles. The molecule has 2 aromatic heterocycles. The number of para-hydroxylation sites is 1. The molecule has 1 aliphatic rings. The molecule has 2 aromatic carbocycles. The molecule has 7 nitrogen and oxygen atoms in total. The Labute approximate surface area is 172 Å². The van der Waals surface area contributed by atoms with E-state index < -0.39 is 0 Å². The van der Waals surface area contributed by atoms with Gasteiger partial charge in [0, 0.05) is 30.2 Å². The number of rotatable bonds is 4. The Hall–Kier alpha value is -3.16. The van der Waals surface area contributed by atoms with Crippen LogP contribution >= 0.6 is 11.6 Å². The minimum absolute atomic E-state index is 0.169. The molecule has 29 heavy (non-hydrogen) atoms. The standard InChI is InChI=1S/C21H19ClN6O/c22-21-25-19(18-20(26-21)28(14-23-18)17-4-2-1-3-5-17)24-15-6-8-16(9-7-15)27-10-12-29-13-11-27/h1-9,14H,10-13H2,(H,24,25,26). The van der Waals surface area contributed by atoms with Gasteiger partial charge in [0.25, 0.3) is 0 Å². The zero-order chi connectivity index (χ0) is 19.6. The molecule has 146 valence electrons. The van der Waals surface area contributed by atoms with Crippen LogP contribution in [0, 0.1) is 0 Å². The van der Waals surface area contributed by atoms with Crippen molar-refractivity contribution in [2.45, 2.75) is 0 Å². The van der Waals surface area contributed by atoms with E-state index in [0.29, 0.717) is 17.0 Å². The average molecular weight is 407 g/mol. The largest absolute Gasteiger partial charge is 0.378 e. The molecule has 3 heterocycles. The van der Waals surface area contributed by atoms with Crippen molar-refractivity contribution in [3.63, 3.8) is 0 Å². The van der Waals surface area contributed by atoms with Gasteiger partial charge in [-0.25, -0.2) is 4.98 Å². The summed E-state index contributed by atoms with van der Waals surface area (Å²) in [5, 5.41) is 3.50. The van der Waals surface area contributed by atoms with E-state index in [4.69, 9.17) is 16.3 Å². The Morgan fingerprint density at radius 3 is 2.41 bits per heavy atom. The van der Waals surface area contributed by atoms with Gasteiger partial charge in [0.15, 0.2) is 17.0 Å². The Bertz CT molecular complexity index is 1120. The number of hydrogen-bond donors (Lipinski definition) is 1. The number of nitrogens with zero attached hydrogens (tertiary/aromatic N) is 5. The van der Waals surface area contributed by atoms with Crippen molar-refractivity contribution >= 4 is 40.0 Å². The van der Waals surface area contributed by atoms with Crippen molar-refractivity contribution in [2.75, 3.05) is 36.5 Å². The van der Waals surface area contributed by atoms with E-state index in [0.717, 1.165) is 37.7 Å². The molecule has 4 aromatic rings. The molecule has 0 bridgehead atoms. The Morgan fingerprint density at radius 1 is 0.897 bits per heavy atom. The van der Waals surface area contributed by atoms with Gasteiger partial charge in [-0.1, -0.05) is 18.2 Å². The molecule has 0 spiro atoms. The lowest BCUT2D eigenvalue weighted by molar-refractivity contribution is 0.122. The van der Waals surface area contributed by atoms with Gasteiger partial charge in [-0.2, -0.15) is 9.97 Å².